The van der Waals surface area contributed by atoms with Crippen LogP contribution in [0.15, 0.2) is 48.7 Å². The topological polar surface area (TPSA) is 43.7 Å². The van der Waals surface area contributed by atoms with Crippen molar-refractivity contribution < 1.29 is 14.3 Å². The number of aromatic nitrogens is 1. The van der Waals surface area contributed by atoms with E-state index in [0.29, 0.717) is 5.92 Å². The van der Waals surface area contributed by atoms with Crippen LogP contribution in [-0.2, 0) is 6.54 Å². The molecule has 1 saturated heterocycles. The number of carbonyl (C=O) groups excluding carboxylic acids is 1. The molecular weight excluding hydrogens is 388 g/mol. The monoisotopic (exact) mass is 420 g/mol. The zero-order valence-corrected chi connectivity index (χ0v) is 18.8. The maximum Gasteiger partial charge on any atom is 0.162 e. The summed E-state index contributed by atoms with van der Waals surface area (Å²) in [6.07, 6.45) is 5.37. The molecule has 1 fully saturated rings. The van der Waals surface area contributed by atoms with Crippen LogP contribution in [0.5, 0.6) is 11.5 Å². The van der Waals surface area contributed by atoms with Gasteiger partial charge in [-0.15, -0.1) is 0 Å². The summed E-state index contributed by atoms with van der Waals surface area (Å²) in [6.45, 7) is 5.81. The van der Waals surface area contributed by atoms with Gasteiger partial charge in [-0.05, 0) is 75.5 Å². The zero-order chi connectivity index (χ0) is 21.8. The summed E-state index contributed by atoms with van der Waals surface area (Å²) in [5.41, 5.74) is 3.15. The standard InChI is InChI=1S/C26H32N2O3/c1-19(29)22-18-28(23-9-6-11-25(31-3)26(22)23)15-7-14-27-16-12-20(13-17-27)21-8-4-5-10-24(21)30-2/h4-6,8-11,18,20H,7,12-17H2,1-3H3. The second-order valence-corrected chi connectivity index (χ2v) is 8.36. The number of ether oxygens (including phenoxy) is 2. The van der Waals surface area contributed by atoms with Gasteiger partial charge in [0, 0.05) is 18.3 Å². The molecule has 4 rings (SSSR count). The fourth-order valence-corrected chi connectivity index (χ4v) is 4.88. The minimum absolute atomic E-state index is 0.0756. The van der Waals surface area contributed by atoms with E-state index in [1.54, 1.807) is 21.1 Å². The summed E-state index contributed by atoms with van der Waals surface area (Å²) < 4.78 is 13.3. The number of nitrogens with zero attached hydrogens (tertiary/aromatic N) is 2. The van der Waals surface area contributed by atoms with Crippen LogP contribution in [0, 0.1) is 0 Å². The highest BCUT2D eigenvalue weighted by Crippen LogP contribution is 2.34. The normalized spacial score (nSPS) is 15.3. The SMILES string of the molecule is COc1ccccc1C1CCN(CCCn2cc(C(C)=O)c3c(OC)cccc32)CC1. The van der Waals surface area contributed by atoms with Crippen LogP contribution in [0.25, 0.3) is 10.9 Å². The number of rotatable bonds is 8. The van der Waals surface area contributed by atoms with Crippen molar-refractivity contribution in [3.8, 4) is 11.5 Å². The Morgan fingerprint density at radius 1 is 0.968 bits per heavy atom. The number of aryl methyl sites for hydroxylation is 1. The molecule has 5 nitrogen and oxygen atoms in total. The molecule has 31 heavy (non-hydrogen) atoms. The van der Waals surface area contributed by atoms with E-state index < -0.39 is 0 Å². The molecule has 0 atom stereocenters. The first-order valence-corrected chi connectivity index (χ1v) is 11.1. The van der Waals surface area contributed by atoms with Crippen molar-refractivity contribution in [2.45, 2.75) is 38.6 Å². The summed E-state index contributed by atoms with van der Waals surface area (Å²) in [5.74, 6) is 2.43. The van der Waals surface area contributed by atoms with Crippen LogP contribution >= 0.6 is 0 Å². The van der Waals surface area contributed by atoms with Crippen LogP contribution in [0.1, 0.15) is 48.0 Å². The molecule has 0 aliphatic carbocycles. The Balaban J connectivity index is 1.37. The molecule has 0 bridgehead atoms. The van der Waals surface area contributed by atoms with Crippen LogP contribution in [0.4, 0.5) is 0 Å². The van der Waals surface area contributed by atoms with Gasteiger partial charge in [-0.2, -0.15) is 0 Å². The third-order valence-corrected chi connectivity index (χ3v) is 6.51. The Hall–Kier alpha value is -2.79. The van der Waals surface area contributed by atoms with E-state index in [1.165, 1.54) is 18.4 Å². The summed E-state index contributed by atoms with van der Waals surface area (Å²) in [5, 5.41) is 0.926. The van der Waals surface area contributed by atoms with Gasteiger partial charge < -0.3 is 18.9 Å². The van der Waals surface area contributed by atoms with Gasteiger partial charge in [0.15, 0.2) is 5.78 Å². The lowest BCUT2D eigenvalue weighted by Crippen LogP contribution is -2.34. The predicted octanol–water partition coefficient (Wildman–Crippen LogP) is 5.13. The van der Waals surface area contributed by atoms with Gasteiger partial charge in [0.2, 0.25) is 0 Å². The van der Waals surface area contributed by atoms with Crippen molar-refractivity contribution in [1.29, 1.82) is 0 Å². The molecule has 1 aliphatic rings. The molecule has 2 aromatic carbocycles. The molecule has 3 aromatic rings. The molecule has 2 heterocycles. The molecule has 1 aromatic heterocycles. The first-order valence-electron chi connectivity index (χ1n) is 11.1. The van der Waals surface area contributed by atoms with Gasteiger partial charge in [-0.1, -0.05) is 24.3 Å². The van der Waals surface area contributed by atoms with Crippen LogP contribution in [0.3, 0.4) is 0 Å². The van der Waals surface area contributed by atoms with Crippen molar-refractivity contribution in [3.63, 3.8) is 0 Å². The van der Waals surface area contributed by atoms with Crippen LogP contribution in [-0.4, -0.2) is 49.1 Å². The largest absolute Gasteiger partial charge is 0.496 e. The number of carbonyl (C=O) groups is 1. The lowest BCUT2D eigenvalue weighted by molar-refractivity contribution is 0.101. The van der Waals surface area contributed by atoms with Crippen LogP contribution in [0.2, 0.25) is 0 Å². The number of methoxy groups -OCH3 is 2. The number of ketones is 1. The minimum atomic E-state index is 0.0756. The Bertz CT molecular complexity index is 1050. The first-order chi connectivity index (χ1) is 15.1. The summed E-state index contributed by atoms with van der Waals surface area (Å²) in [6, 6.07) is 14.4. The van der Waals surface area contributed by atoms with Crippen molar-refractivity contribution in [2.24, 2.45) is 0 Å². The second kappa shape index (κ2) is 9.56. The number of hydrogen-bond acceptors (Lipinski definition) is 4. The number of likely N-dealkylation sites (tertiary alicyclic amines) is 1. The molecule has 0 unspecified atom stereocenters. The molecule has 0 amide bonds. The first kappa shape index (κ1) is 21.4. The Morgan fingerprint density at radius 2 is 1.68 bits per heavy atom. The molecule has 0 spiro atoms. The fraction of sp³-hybridized carbons (Fsp3) is 0.423. The number of benzene rings is 2. The Morgan fingerprint density at radius 3 is 2.39 bits per heavy atom. The number of fused-ring (bicyclic) bond motifs is 1. The van der Waals surface area contributed by atoms with Crippen molar-refractivity contribution in [2.75, 3.05) is 33.9 Å². The van der Waals surface area contributed by atoms with Gasteiger partial charge >= 0.3 is 0 Å². The third-order valence-electron chi connectivity index (χ3n) is 6.51. The van der Waals surface area contributed by atoms with Gasteiger partial charge in [0.05, 0.1) is 25.1 Å². The molecule has 0 saturated carbocycles. The molecule has 5 heteroatoms. The van der Waals surface area contributed by atoms with E-state index >= 15 is 0 Å². The summed E-state index contributed by atoms with van der Waals surface area (Å²) in [4.78, 5) is 14.7. The van der Waals surface area contributed by atoms with E-state index in [0.717, 1.165) is 60.6 Å². The zero-order valence-electron chi connectivity index (χ0n) is 18.8. The van der Waals surface area contributed by atoms with Gasteiger partial charge in [0.25, 0.3) is 0 Å². The Labute approximate surface area is 184 Å². The van der Waals surface area contributed by atoms with Crippen LogP contribution < -0.4 is 9.47 Å². The average Bonchev–Trinajstić information content (AvgIpc) is 3.19. The van der Waals surface area contributed by atoms with Gasteiger partial charge in [-0.3, -0.25) is 4.79 Å². The molecule has 164 valence electrons. The highest BCUT2D eigenvalue weighted by molar-refractivity contribution is 6.09. The van der Waals surface area contributed by atoms with E-state index in [9.17, 15) is 4.79 Å². The second-order valence-electron chi connectivity index (χ2n) is 8.36. The van der Waals surface area contributed by atoms with Crippen molar-refractivity contribution >= 4 is 16.7 Å². The number of piperidine rings is 1. The molecule has 0 N–H and O–H groups in total. The summed E-state index contributed by atoms with van der Waals surface area (Å²) in [7, 11) is 3.41. The van der Waals surface area contributed by atoms with E-state index in [4.69, 9.17) is 9.47 Å². The lowest BCUT2D eigenvalue weighted by atomic mass is 9.89. The summed E-state index contributed by atoms with van der Waals surface area (Å²) >= 11 is 0. The quantitative estimate of drug-likeness (QED) is 0.474. The van der Waals surface area contributed by atoms with Gasteiger partial charge in [0.1, 0.15) is 11.5 Å². The Kier molecular flexibility index (Phi) is 6.62. The number of hydrogen-bond donors (Lipinski definition) is 0. The maximum absolute atomic E-state index is 12.2. The highest BCUT2D eigenvalue weighted by Gasteiger charge is 2.23. The average molecular weight is 421 g/mol. The molecule has 0 radical (unpaired) electrons. The van der Waals surface area contributed by atoms with Crippen molar-refractivity contribution in [1.82, 2.24) is 9.47 Å². The van der Waals surface area contributed by atoms with E-state index in [-0.39, 0.29) is 5.78 Å². The molecule has 1 aliphatic heterocycles. The lowest BCUT2D eigenvalue weighted by Gasteiger charge is -2.32. The predicted molar refractivity (Wildman–Crippen MR) is 125 cm³/mol. The molecular formula is C26H32N2O3. The fourth-order valence-electron chi connectivity index (χ4n) is 4.88. The highest BCUT2D eigenvalue weighted by atomic mass is 16.5. The number of Topliss-reactive ketones (excluding diaryl/α,β-unsaturated/α-hetero) is 1. The third kappa shape index (κ3) is 4.47. The minimum Gasteiger partial charge on any atom is -0.496 e. The maximum atomic E-state index is 12.2. The van der Waals surface area contributed by atoms with Gasteiger partial charge in [-0.25, -0.2) is 0 Å². The van der Waals surface area contributed by atoms with Crippen molar-refractivity contribution in [3.05, 3.63) is 59.8 Å². The van der Waals surface area contributed by atoms with E-state index in [2.05, 4.69) is 33.7 Å². The van der Waals surface area contributed by atoms with E-state index in [1.807, 2.05) is 24.4 Å². The number of para-hydroxylation sites is 1. The smallest absolute Gasteiger partial charge is 0.162 e.